The van der Waals surface area contributed by atoms with Gasteiger partial charge in [-0.1, -0.05) is 12.1 Å². The van der Waals surface area contributed by atoms with Gasteiger partial charge in [0, 0.05) is 29.8 Å². The number of esters is 1. The zero-order valence-electron chi connectivity index (χ0n) is 15.3. The second-order valence-corrected chi connectivity index (χ2v) is 9.39. The van der Waals surface area contributed by atoms with Crippen molar-refractivity contribution in [1.29, 1.82) is 0 Å². The summed E-state index contributed by atoms with van der Waals surface area (Å²) in [5.41, 5.74) is 3.71. The average Bonchev–Trinajstić information content (AvgIpc) is 3.34. The number of benzene rings is 2. The molecule has 0 bridgehead atoms. The monoisotopic (exact) mass is 413 g/mol. The maximum atomic E-state index is 12.4. The van der Waals surface area contributed by atoms with Gasteiger partial charge in [-0.05, 0) is 41.5 Å². The predicted octanol–water partition coefficient (Wildman–Crippen LogP) is 3.72. The third kappa shape index (κ3) is 3.82. The van der Waals surface area contributed by atoms with E-state index in [0.717, 1.165) is 22.8 Å². The van der Waals surface area contributed by atoms with E-state index in [1.807, 2.05) is 35.7 Å². The van der Waals surface area contributed by atoms with Crippen molar-refractivity contribution in [3.05, 3.63) is 64.7 Å². The van der Waals surface area contributed by atoms with Crippen molar-refractivity contribution in [3.63, 3.8) is 0 Å². The largest absolute Gasteiger partial charge is 0.454 e. The summed E-state index contributed by atoms with van der Waals surface area (Å²) in [7, 11) is 1.72. The first kappa shape index (κ1) is 19.1. The van der Waals surface area contributed by atoms with E-state index in [-0.39, 0.29) is 24.7 Å². The first-order valence-electron chi connectivity index (χ1n) is 8.96. The van der Waals surface area contributed by atoms with Gasteiger partial charge < -0.3 is 9.64 Å². The standard InChI is InChI=1S/C21H19NO4S2/c1-22-17-7-6-15(10-16(17)11-19(22)24)18(23)12-26-20(25)13-2-4-14(5-3-13)21-27-8-9-28-21/h2-7,10,21H,8-9,11-12H2,1H3. The molecule has 4 rings (SSSR count). The van der Waals surface area contributed by atoms with Gasteiger partial charge in [0.25, 0.3) is 0 Å². The molecule has 2 heterocycles. The fraction of sp³-hybridized carbons (Fsp3) is 0.286. The van der Waals surface area contributed by atoms with Gasteiger partial charge >= 0.3 is 5.97 Å². The number of carbonyl (C=O) groups is 3. The first-order valence-corrected chi connectivity index (χ1v) is 11.1. The molecule has 2 aromatic rings. The van der Waals surface area contributed by atoms with Crippen LogP contribution in [0.1, 0.15) is 36.4 Å². The van der Waals surface area contributed by atoms with E-state index in [1.165, 1.54) is 5.56 Å². The smallest absolute Gasteiger partial charge is 0.338 e. The highest BCUT2D eigenvalue weighted by Crippen LogP contribution is 2.45. The minimum absolute atomic E-state index is 0.00359. The van der Waals surface area contributed by atoms with Gasteiger partial charge in [0.2, 0.25) is 5.91 Å². The number of Topliss-reactive ketones (excluding diaryl/α,β-unsaturated/α-hetero) is 1. The van der Waals surface area contributed by atoms with E-state index in [4.69, 9.17) is 4.74 Å². The van der Waals surface area contributed by atoms with Crippen LogP contribution < -0.4 is 4.90 Å². The molecule has 0 aromatic heterocycles. The Labute approximate surface area is 171 Å². The Morgan fingerprint density at radius 2 is 1.75 bits per heavy atom. The van der Waals surface area contributed by atoms with Crippen molar-refractivity contribution >= 4 is 46.9 Å². The van der Waals surface area contributed by atoms with E-state index >= 15 is 0 Å². The van der Waals surface area contributed by atoms with Crippen molar-refractivity contribution in [3.8, 4) is 0 Å². The minimum Gasteiger partial charge on any atom is -0.454 e. The molecule has 2 aromatic carbocycles. The number of rotatable bonds is 5. The molecule has 2 aliphatic heterocycles. The average molecular weight is 414 g/mol. The summed E-state index contributed by atoms with van der Waals surface area (Å²) in [6.07, 6.45) is 0.288. The number of fused-ring (bicyclic) bond motifs is 1. The van der Waals surface area contributed by atoms with Crippen LogP contribution in [-0.4, -0.2) is 42.8 Å². The predicted molar refractivity (Wildman–Crippen MR) is 112 cm³/mol. The van der Waals surface area contributed by atoms with Crippen LogP contribution in [-0.2, 0) is 16.0 Å². The molecule has 0 spiro atoms. The Balaban J connectivity index is 1.36. The van der Waals surface area contributed by atoms with Gasteiger partial charge in [0.05, 0.1) is 16.6 Å². The van der Waals surface area contributed by atoms with Crippen LogP contribution in [0, 0.1) is 0 Å². The van der Waals surface area contributed by atoms with Crippen LogP contribution in [0.3, 0.4) is 0 Å². The van der Waals surface area contributed by atoms with Gasteiger partial charge in [-0.3, -0.25) is 9.59 Å². The highest BCUT2D eigenvalue weighted by Gasteiger charge is 2.25. The van der Waals surface area contributed by atoms with Gasteiger partial charge in [-0.15, -0.1) is 23.5 Å². The van der Waals surface area contributed by atoms with E-state index < -0.39 is 5.97 Å². The number of carbonyl (C=O) groups excluding carboxylic acids is 3. The van der Waals surface area contributed by atoms with Crippen LogP contribution in [0.2, 0.25) is 0 Å². The Hall–Kier alpha value is -2.25. The highest BCUT2D eigenvalue weighted by molar-refractivity contribution is 8.19. The molecule has 5 nitrogen and oxygen atoms in total. The lowest BCUT2D eigenvalue weighted by molar-refractivity contribution is -0.117. The lowest BCUT2D eigenvalue weighted by Crippen LogP contribution is -2.20. The molecule has 0 radical (unpaired) electrons. The Morgan fingerprint density at radius 3 is 2.46 bits per heavy atom. The first-order chi connectivity index (χ1) is 13.5. The molecule has 1 fully saturated rings. The Kier molecular flexibility index (Phi) is 5.46. The van der Waals surface area contributed by atoms with Crippen LogP contribution in [0.4, 0.5) is 5.69 Å². The molecule has 1 amide bonds. The topological polar surface area (TPSA) is 63.7 Å². The second kappa shape index (κ2) is 8.01. The van der Waals surface area contributed by atoms with Gasteiger partial charge in [-0.2, -0.15) is 0 Å². The summed E-state index contributed by atoms with van der Waals surface area (Å²) in [5, 5.41) is 0. The molecule has 28 heavy (non-hydrogen) atoms. The highest BCUT2D eigenvalue weighted by atomic mass is 32.2. The molecule has 144 valence electrons. The molecular formula is C21H19NO4S2. The summed E-state index contributed by atoms with van der Waals surface area (Å²) in [4.78, 5) is 38.0. The van der Waals surface area contributed by atoms with Crippen molar-refractivity contribution in [2.45, 2.75) is 11.0 Å². The molecule has 0 aliphatic carbocycles. The van der Waals surface area contributed by atoms with Gasteiger partial charge in [-0.25, -0.2) is 4.79 Å². The number of amides is 1. The lowest BCUT2D eigenvalue weighted by atomic mass is 10.1. The lowest BCUT2D eigenvalue weighted by Gasteiger charge is -2.11. The molecule has 0 N–H and O–H groups in total. The number of anilines is 1. The number of likely N-dealkylation sites (N-methyl/N-ethyl adjacent to an activating group) is 1. The molecule has 0 unspecified atom stereocenters. The third-order valence-corrected chi connectivity index (χ3v) is 7.96. The number of nitrogens with zero attached hydrogens (tertiary/aromatic N) is 1. The number of thioether (sulfide) groups is 2. The van der Waals surface area contributed by atoms with E-state index in [1.54, 1.807) is 42.3 Å². The van der Waals surface area contributed by atoms with Crippen LogP contribution in [0.5, 0.6) is 0 Å². The summed E-state index contributed by atoms with van der Waals surface area (Å²) in [6, 6.07) is 12.5. The summed E-state index contributed by atoms with van der Waals surface area (Å²) >= 11 is 3.82. The fourth-order valence-electron chi connectivity index (χ4n) is 3.27. The number of hydrogen-bond acceptors (Lipinski definition) is 6. The molecule has 0 saturated carbocycles. The van der Waals surface area contributed by atoms with Crippen molar-refractivity contribution in [2.75, 3.05) is 30.1 Å². The van der Waals surface area contributed by atoms with Crippen molar-refractivity contribution in [2.24, 2.45) is 0 Å². The van der Waals surface area contributed by atoms with E-state index in [9.17, 15) is 14.4 Å². The molecular weight excluding hydrogens is 394 g/mol. The number of ketones is 1. The van der Waals surface area contributed by atoms with Gasteiger partial charge in [0.15, 0.2) is 12.4 Å². The summed E-state index contributed by atoms with van der Waals surface area (Å²) in [6.45, 7) is -0.322. The van der Waals surface area contributed by atoms with Gasteiger partial charge in [0.1, 0.15) is 0 Å². The fourth-order valence-corrected chi connectivity index (χ4v) is 6.13. The normalized spacial score (nSPS) is 16.3. The molecule has 1 saturated heterocycles. The Morgan fingerprint density at radius 1 is 1.07 bits per heavy atom. The van der Waals surface area contributed by atoms with Crippen LogP contribution >= 0.6 is 23.5 Å². The zero-order valence-corrected chi connectivity index (χ0v) is 17.0. The summed E-state index contributed by atoms with van der Waals surface area (Å²) in [5.74, 6) is 1.50. The molecule has 7 heteroatoms. The summed E-state index contributed by atoms with van der Waals surface area (Å²) < 4.78 is 5.62. The third-order valence-electron chi connectivity index (χ3n) is 4.85. The quantitative estimate of drug-likeness (QED) is 0.550. The SMILES string of the molecule is CN1C(=O)Cc2cc(C(=O)COC(=O)c3ccc(C4SCCS4)cc3)ccc21. The number of ether oxygens (including phenoxy) is 1. The maximum Gasteiger partial charge on any atom is 0.338 e. The second-order valence-electron chi connectivity index (χ2n) is 6.67. The van der Waals surface area contributed by atoms with Crippen LogP contribution in [0.15, 0.2) is 42.5 Å². The minimum atomic E-state index is -0.511. The zero-order chi connectivity index (χ0) is 19.7. The molecule has 2 aliphatic rings. The van der Waals surface area contributed by atoms with Crippen molar-refractivity contribution < 1.29 is 19.1 Å². The maximum absolute atomic E-state index is 12.4. The van der Waals surface area contributed by atoms with E-state index in [0.29, 0.717) is 15.7 Å². The van der Waals surface area contributed by atoms with Crippen LogP contribution in [0.25, 0.3) is 0 Å². The van der Waals surface area contributed by atoms with E-state index in [2.05, 4.69) is 0 Å². The molecule has 0 atom stereocenters. The number of hydrogen-bond donors (Lipinski definition) is 0. The van der Waals surface area contributed by atoms with Crippen molar-refractivity contribution in [1.82, 2.24) is 0 Å². The Bertz CT molecular complexity index is 936.